The first-order valence-corrected chi connectivity index (χ1v) is 8.51. The molecule has 0 amide bonds. The van der Waals surface area contributed by atoms with Crippen molar-refractivity contribution < 1.29 is 4.74 Å². The molecule has 0 spiro atoms. The van der Waals surface area contributed by atoms with E-state index in [0.717, 1.165) is 45.4 Å². The number of rotatable bonds is 4. The topological polar surface area (TPSA) is 70.7 Å². The molecule has 0 unspecified atom stereocenters. The average molecular weight is 348 g/mol. The Labute approximate surface area is 151 Å². The molecule has 132 valence electrons. The quantitative estimate of drug-likeness (QED) is 0.566. The van der Waals surface area contributed by atoms with Crippen molar-refractivity contribution in [1.82, 2.24) is 29.3 Å². The summed E-state index contributed by atoms with van der Waals surface area (Å²) in [5.74, 6) is 2.31. The number of fused-ring (bicyclic) bond motifs is 1. The number of aryl methyl sites for hydroxylation is 3. The van der Waals surface area contributed by atoms with Crippen LogP contribution >= 0.6 is 0 Å². The SMILES string of the molecule is CCOc1ccc(-n2cnc(C)n2)cc1-c1nc2cc(C)cnc2n1C. The van der Waals surface area contributed by atoms with Gasteiger partial charge in [0, 0.05) is 13.2 Å². The van der Waals surface area contributed by atoms with E-state index < -0.39 is 0 Å². The minimum absolute atomic E-state index is 0.579. The van der Waals surface area contributed by atoms with Gasteiger partial charge in [-0.1, -0.05) is 0 Å². The minimum Gasteiger partial charge on any atom is -0.493 e. The van der Waals surface area contributed by atoms with Gasteiger partial charge in [-0.05, 0) is 50.6 Å². The molecule has 3 heterocycles. The van der Waals surface area contributed by atoms with E-state index >= 15 is 0 Å². The van der Waals surface area contributed by atoms with Crippen LogP contribution in [0.3, 0.4) is 0 Å². The molecule has 0 bridgehead atoms. The molecule has 0 saturated heterocycles. The van der Waals surface area contributed by atoms with Crippen LogP contribution in [-0.2, 0) is 7.05 Å². The van der Waals surface area contributed by atoms with E-state index in [4.69, 9.17) is 9.72 Å². The van der Waals surface area contributed by atoms with Crippen molar-refractivity contribution in [2.75, 3.05) is 6.61 Å². The highest BCUT2D eigenvalue weighted by molar-refractivity contribution is 5.80. The number of hydrogen-bond donors (Lipinski definition) is 0. The largest absolute Gasteiger partial charge is 0.493 e. The molecule has 0 aliphatic rings. The van der Waals surface area contributed by atoms with Crippen molar-refractivity contribution in [3.8, 4) is 22.8 Å². The highest BCUT2D eigenvalue weighted by Crippen LogP contribution is 2.33. The highest BCUT2D eigenvalue weighted by Gasteiger charge is 2.17. The molecule has 1 aromatic carbocycles. The molecule has 0 atom stereocenters. The molecule has 4 rings (SSSR count). The third-order valence-electron chi connectivity index (χ3n) is 4.22. The van der Waals surface area contributed by atoms with Crippen molar-refractivity contribution in [3.63, 3.8) is 0 Å². The Morgan fingerprint density at radius 1 is 1.12 bits per heavy atom. The predicted molar refractivity (Wildman–Crippen MR) is 99.5 cm³/mol. The van der Waals surface area contributed by atoms with Gasteiger partial charge in [0.2, 0.25) is 0 Å². The second kappa shape index (κ2) is 6.25. The van der Waals surface area contributed by atoms with Crippen molar-refractivity contribution in [3.05, 3.63) is 48.2 Å². The van der Waals surface area contributed by atoms with E-state index in [9.17, 15) is 0 Å². The first-order valence-electron chi connectivity index (χ1n) is 8.51. The molecule has 0 radical (unpaired) electrons. The first kappa shape index (κ1) is 16.3. The lowest BCUT2D eigenvalue weighted by Crippen LogP contribution is -2.01. The van der Waals surface area contributed by atoms with Crippen LogP contribution in [0.5, 0.6) is 5.75 Å². The van der Waals surface area contributed by atoms with Crippen molar-refractivity contribution in [2.24, 2.45) is 7.05 Å². The van der Waals surface area contributed by atoms with Crippen LogP contribution in [0.15, 0.2) is 36.8 Å². The molecule has 7 heteroatoms. The molecule has 0 fully saturated rings. The van der Waals surface area contributed by atoms with Gasteiger partial charge in [-0.15, -0.1) is 0 Å². The molecule has 0 aliphatic carbocycles. The number of imidazole rings is 1. The smallest absolute Gasteiger partial charge is 0.160 e. The summed E-state index contributed by atoms with van der Waals surface area (Å²) in [6, 6.07) is 7.97. The molecule has 0 saturated carbocycles. The maximum atomic E-state index is 5.84. The van der Waals surface area contributed by atoms with Gasteiger partial charge in [-0.25, -0.2) is 19.6 Å². The molecular formula is C19H20N6O. The van der Waals surface area contributed by atoms with Gasteiger partial charge in [-0.2, -0.15) is 5.10 Å². The van der Waals surface area contributed by atoms with Gasteiger partial charge in [0.1, 0.15) is 29.2 Å². The fourth-order valence-electron chi connectivity index (χ4n) is 3.00. The summed E-state index contributed by atoms with van der Waals surface area (Å²) in [6.07, 6.45) is 3.56. The van der Waals surface area contributed by atoms with Gasteiger partial charge in [0.15, 0.2) is 5.65 Å². The van der Waals surface area contributed by atoms with Crippen LogP contribution in [0.25, 0.3) is 28.2 Å². The van der Waals surface area contributed by atoms with Crippen molar-refractivity contribution in [1.29, 1.82) is 0 Å². The van der Waals surface area contributed by atoms with Crippen molar-refractivity contribution >= 4 is 11.2 Å². The standard InChI is InChI=1S/C19H20N6O/c1-5-26-17-7-6-14(25-11-21-13(3)23-25)9-15(17)18-22-16-8-12(2)10-20-19(16)24(18)4/h6-11H,5H2,1-4H3. The van der Waals surface area contributed by atoms with Crippen LogP contribution in [0.1, 0.15) is 18.3 Å². The predicted octanol–water partition coefficient (Wildman–Crippen LogP) is 3.23. The summed E-state index contributed by atoms with van der Waals surface area (Å²) < 4.78 is 9.58. The fourth-order valence-corrected chi connectivity index (χ4v) is 3.00. The minimum atomic E-state index is 0.579. The molecule has 26 heavy (non-hydrogen) atoms. The van der Waals surface area contributed by atoms with Gasteiger partial charge in [-0.3, -0.25) is 0 Å². The zero-order chi connectivity index (χ0) is 18.3. The number of aromatic nitrogens is 6. The molecule has 7 nitrogen and oxygen atoms in total. The fraction of sp³-hybridized carbons (Fsp3) is 0.263. The molecule has 0 N–H and O–H groups in total. The van der Waals surface area contributed by atoms with Gasteiger partial charge in [0.25, 0.3) is 0 Å². The summed E-state index contributed by atoms with van der Waals surface area (Å²) in [5, 5.41) is 4.39. The van der Waals surface area contributed by atoms with E-state index in [2.05, 4.69) is 15.1 Å². The summed E-state index contributed by atoms with van der Waals surface area (Å²) in [5.41, 5.74) is 4.59. The zero-order valence-corrected chi connectivity index (χ0v) is 15.3. The van der Waals surface area contributed by atoms with Crippen molar-refractivity contribution in [2.45, 2.75) is 20.8 Å². The number of pyridine rings is 1. The van der Waals surface area contributed by atoms with Crippen LogP contribution in [-0.4, -0.2) is 35.9 Å². The molecule has 3 aromatic heterocycles. The third kappa shape index (κ3) is 2.71. The van der Waals surface area contributed by atoms with Gasteiger partial charge >= 0.3 is 0 Å². The lowest BCUT2D eigenvalue weighted by molar-refractivity contribution is 0.341. The normalized spacial score (nSPS) is 11.2. The maximum absolute atomic E-state index is 5.84. The van der Waals surface area contributed by atoms with E-state index in [-0.39, 0.29) is 0 Å². The summed E-state index contributed by atoms with van der Waals surface area (Å²) >= 11 is 0. The summed E-state index contributed by atoms with van der Waals surface area (Å²) in [6.45, 7) is 6.43. The van der Waals surface area contributed by atoms with Gasteiger partial charge < -0.3 is 9.30 Å². The third-order valence-corrected chi connectivity index (χ3v) is 4.22. The maximum Gasteiger partial charge on any atom is 0.160 e. The summed E-state index contributed by atoms with van der Waals surface area (Å²) in [4.78, 5) is 13.5. The molecule has 4 aromatic rings. The second-order valence-corrected chi connectivity index (χ2v) is 6.20. The average Bonchev–Trinajstić information content (AvgIpc) is 3.19. The molecular weight excluding hydrogens is 328 g/mol. The van der Waals surface area contributed by atoms with E-state index in [1.54, 1.807) is 11.0 Å². The van der Waals surface area contributed by atoms with E-state index in [1.165, 1.54) is 0 Å². The van der Waals surface area contributed by atoms with Crippen LogP contribution in [0.4, 0.5) is 0 Å². The number of nitrogens with zero attached hydrogens (tertiary/aromatic N) is 6. The Morgan fingerprint density at radius 3 is 2.69 bits per heavy atom. The number of hydrogen-bond acceptors (Lipinski definition) is 5. The van der Waals surface area contributed by atoms with E-state index in [1.807, 2.05) is 62.8 Å². The lowest BCUT2D eigenvalue weighted by Gasteiger charge is -2.12. The monoisotopic (exact) mass is 348 g/mol. The Kier molecular flexibility index (Phi) is 3.91. The van der Waals surface area contributed by atoms with Crippen LogP contribution < -0.4 is 4.74 Å². The highest BCUT2D eigenvalue weighted by atomic mass is 16.5. The first-order chi connectivity index (χ1) is 12.6. The van der Waals surface area contributed by atoms with Crippen LogP contribution in [0, 0.1) is 13.8 Å². The Balaban J connectivity index is 1.92. The van der Waals surface area contributed by atoms with Gasteiger partial charge in [0.05, 0.1) is 17.9 Å². The Bertz CT molecular complexity index is 1090. The zero-order valence-electron chi connectivity index (χ0n) is 15.3. The lowest BCUT2D eigenvalue weighted by atomic mass is 10.1. The number of benzene rings is 1. The van der Waals surface area contributed by atoms with E-state index in [0.29, 0.717) is 6.61 Å². The second-order valence-electron chi connectivity index (χ2n) is 6.20. The Morgan fingerprint density at radius 2 is 1.96 bits per heavy atom. The summed E-state index contributed by atoms with van der Waals surface area (Å²) in [7, 11) is 1.97. The van der Waals surface area contributed by atoms with Crippen LogP contribution in [0.2, 0.25) is 0 Å². The Hall–Kier alpha value is -3.22. The number of ether oxygens (including phenoxy) is 1. The molecule has 0 aliphatic heterocycles.